The summed E-state index contributed by atoms with van der Waals surface area (Å²) in [5.74, 6) is -1.69. The summed E-state index contributed by atoms with van der Waals surface area (Å²) in [6, 6.07) is 13.2. The number of methoxy groups -OCH3 is 1. The molecule has 1 aliphatic heterocycles. The number of ketones is 2. The molecule has 39 heavy (non-hydrogen) atoms. The quantitative estimate of drug-likeness (QED) is 0.243. The molecule has 2 atom stereocenters. The second-order valence-electron chi connectivity index (χ2n) is 9.94. The highest BCUT2D eigenvalue weighted by Gasteiger charge is 2.49. The van der Waals surface area contributed by atoms with Crippen LogP contribution in [0.25, 0.3) is 11.1 Å². The first-order valence-corrected chi connectivity index (χ1v) is 13.8. The molecule has 1 fully saturated rings. The van der Waals surface area contributed by atoms with Crippen LogP contribution in [0.5, 0.6) is 0 Å². The van der Waals surface area contributed by atoms with Crippen LogP contribution >= 0.6 is 15.9 Å². The minimum absolute atomic E-state index is 0.00593. The van der Waals surface area contributed by atoms with E-state index in [1.54, 1.807) is 57.2 Å². The van der Waals surface area contributed by atoms with Gasteiger partial charge in [-0.1, -0.05) is 78.3 Å². The van der Waals surface area contributed by atoms with Crippen molar-refractivity contribution in [2.45, 2.75) is 45.2 Å². The Morgan fingerprint density at radius 1 is 0.949 bits per heavy atom. The van der Waals surface area contributed by atoms with Gasteiger partial charge < -0.3 is 19.7 Å². The number of nitrogens with zero attached hydrogens (tertiary/aromatic N) is 1. The van der Waals surface area contributed by atoms with Crippen molar-refractivity contribution in [3.05, 3.63) is 59.7 Å². The molecule has 10 heteroatoms. The highest BCUT2D eigenvalue weighted by atomic mass is 79.9. The number of alkyl carbamates (subject to hydrolysis) is 1. The second-order valence-corrected chi connectivity index (χ2v) is 10.5. The molecule has 2 aromatic carbocycles. The molecule has 3 rings (SSSR count). The van der Waals surface area contributed by atoms with Crippen LogP contribution in [0, 0.1) is 5.92 Å². The summed E-state index contributed by atoms with van der Waals surface area (Å²) in [5, 5.41) is 2.80. The number of amides is 2. The van der Waals surface area contributed by atoms with Gasteiger partial charge in [-0.15, -0.1) is 0 Å². The second kappa shape index (κ2) is 13.0. The molecule has 0 bridgehead atoms. The molecule has 0 radical (unpaired) electrons. The van der Waals surface area contributed by atoms with Gasteiger partial charge in [0.1, 0.15) is 11.6 Å². The summed E-state index contributed by atoms with van der Waals surface area (Å²) in [6.45, 7) is 5.06. The van der Waals surface area contributed by atoms with Crippen LogP contribution < -0.4 is 5.32 Å². The molecule has 1 N–H and O–H groups in total. The van der Waals surface area contributed by atoms with Crippen LogP contribution in [-0.2, 0) is 19.1 Å². The Morgan fingerprint density at radius 2 is 1.49 bits per heavy atom. The van der Waals surface area contributed by atoms with Crippen molar-refractivity contribution in [2.75, 3.05) is 25.6 Å². The lowest BCUT2D eigenvalue weighted by molar-refractivity contribution is -0.160. The van der Waals surface area contributed by atoms with Gasteiger partial charge in [0.2, 0.25) is 5.91 Å². The molecule has 0 aromatic heterocycles. The zero-order valence-corrected chi connectivity index (χ0v) is 24.1. The van der Waals surface area contributed by atoms with Crippen molar-refractivity contribution in [2.24, 2.45) is 5.92 Å². The van der Waals surface area contributed by atoms with Crippen molar-refractivity contribution in [3.8, 4) is 11.1 Å². The van der Waals surface area contributed by atoms with Gasteiger partial charge in [-0.3, -0.25) is 14.4 Å². The first-order chi connectivity index (χ1) is 18.5. The Labute approximate surface area is 236 Å². The minimum atomic E-state index is -1.26. The molecule has 2 amide bonds. The first-order valence-electron chi connectivity index (χ1n) is 12.7. The highest BCUT2D eigenvalue weighted by Crippen LogP contribution is 2.32. The van der Waals surface area contributed by atoms with Crippen molar-refractivity contribution >= 4 is 45.5 Å². The number of alkyl halides is 1. The first kappa shape index (κ1) is 30.0. The Hall–Kier alpha value is -3.53. The molecule has 0 spiro atoms. The van der Waals surface area contributed by atoms with Gasteiger partial charge >= 0.3 is 12.1 Å². The van der Waals surface area contributed by atoms with Gasteiger partial charge in [-0.2, -0.15) is 0 Å². The monoisotopic (exact) mass is 600 g/mol. The third kappa shape index (κ3) is 6.92. The Bertz CT molecular complexity index is 1230. The number of Topliss-reactive ketones (excluding diaryl/α,β-unsaturated/α-hetero) is 2. The van der Waals surface area contributed by atoms with E-state index in [4.69, 9.17) is 4.74 Å². The van der Waals surface area contributed by atoms with Gasteiger partial charge in [-0.05, 0) is 36.8 Å². The molecule has 1 heterocycles. The number of carbonyl (C=O) groups excluding carboxylic acids is 5. The molecule has 0 aliphatic carbocycles. The maximum absolute atomic E-state index is 13.3. The lowest BCUT2D eigenvalue weighted by Gasteiger charge is -2.36. The molecule has 208 valence electrons. The Balaban J connectivity index is 1.64. The maximum atomic E-state index is 13.3. The number of carbonyl (C=O) groups is 5. The van der Waals surface area contributed by atoms with E-state index in [2.05, 4.69) is 26.0 Å². The zero-order chi connectivity index (χ0) is 28.7. The molecule has 9 nitrogen and oxygen atoms in total. The number of hydrogen-bond acceptors (Lipinski definition) is 7. The number of hydrogen-bond donors (Lipinski definition) is 1. The van der Waals surface area contributed by atoms with Crippen LogP contribution in [-0.4, -0.2) is 71.6 Å². The van der Waals surface area contributed by atoms with Gasteiger partial charge in [0.25, 0.3) is 0 Å². The summed E-state index contributed by atoms with van der Waals surface area (Å²) in [4.78, 5) is 64.2. The average molecular weight is 601 g/mol. The summed E-state index contributed by atoms with van der Waals surface area (Å²) < 4.78 is 10.0. The van der Waals surface area contributed by atoms with Crippen molar-refractivity contribution in [1.29, 1.82) is 0 Å². The molecule has 2 unspecified atom stereocenters. The molecular formula is C29H33BrN2O7. The van der Waals surface area contributed by atoms with E-state index in [9.17, 15) is 24.0 Å². The minimum Gasteiger partial charge on any atom is -0.456 e. The summed E-state index contributed by atoms with van der Waals surface area (Å²) in [6.07, 6.45) is 0.230. The van der Waals surface area contributed by atoms with Crippen molar-refractivity contribution < 1.29 is 33.4 Å². The summed E-state index contributed by atoms with van der Waals surface area (Å²) in [7, 11) is 1.21. The Kier molecular flexibility index (Phi) is 10.0. The van der Waals surface area contributed by atoms with Crippen LogP contribution in [0.1, 0.15) is 54.3 Å². The number of nitrogens with one attached hydrogen (secondary N) is 1. The fourth-order valence-electron chi connectivity index (χ4n) is 4.54. The van der Waals surface area contributed by atoms with Gasteiger partial charge in [0.05, 0.1) is 12.4 Å². The molecular weight excluding hydrogens is 568 g/mol. The van der Waals surface area contributed by atoms with Crippen LogP contribution in [0.15, 0.2) is 48.5 Å². The lowest BCUT2D eigenvalue weighted by atomic mass is 9.96. The van der Waals surface area contributed by atoms with Crippen LogP contribution in [0.2, 0.25) is 0 Å². The van der Waals surface area contributed by atoms with Crippen LogP contribution in [0.3, 0.4) is 0 Å². The number of likely N-dealkylation sites (tertiary alicyclic amines) is 1. The standard InChI is InChI=1S/C29H33BrN2O7/c1-18(2)25(31-28(37)38-4)26(35)32-15-5-14-29(32,3)27(36)39-17-24(34)22-12-8-20(9-13-22)19-6-10-21(11-7-19)23(33)16-30/h6-13,18,25H,5,14-17H2,1-4H3,(H,31,37). The van der Waals surface area contributed by atoms with Crippen LogP contribution in [0.4, 0.5) is 4.79 Å². The van der Waals surface area contributed by atoms with E-state index in [1.165, 1.54) is 12.0 Å². The van der Waals surface area contributed by atoms with E-state index in [0.717, 1.165) is 11.1 Å². The summed E-state index contributed by atoms with van der Waals surface area (Å²) in [5.41, 5.74) is 1.50. The van der Waals surface area contributed by atoms with Crippen molar-refractivity contribution in [3.63, 3.8) is 0 Å². The summed E-state index contributed by atoms with van der Waals surface area (Å²) >= 11 is 3.16. The fraction of sp³-hybridized carbons (Fsp3) is 0.414. The van der Waals surface area contributed by atoms with Gasteiger partial charge in [0.15, 0.2) is 18.2 Å². The van der Waals surface area contributed by atoms with E-state index >= 15 is 0 Å². The third-order valence-corrected chi connectivity index (χ3v) is 7.45. The van der Waals surface area contributed by atoms with E-state index < -0.39 is 36.2 Å². The number of esters is 1. The predicted octanol–water partition coefficient (Wildman–Crippen LogP) is 4.42. The molecule has 1 saturated heterocycles. The van der Waals surface area contributed by atoms with E-state index in [-0.39, 0.29) is 22.8 Å². The van der Waals surface area contributed by atoms with E-state index in [0.29, 0.717) is 30.5 Å². The largest absolute Gasteiger partial charge is 0.456 e. The number of halogens is 1. The fourth-order valence-corrected chi connectivity index (χ4v) is 4.86. The van der Waals surface area contributed by atoms with Gasteiger partial charge in [-0.25, -0.2) is 9.59 Å². The van der Waals surface area contributed by atoms with E-state index in [1.807, 2.05) is 12.1 Å². The number of benzene rings is 2. The number of rotatable bonds is 10. The predicted molar refractivity (Wildman–Crippen MR) is 149 cm³/mol. The highest BCUT2D eigenvalue weighted by molar-refractivity contribution is 9.09. The maximum Gasteiger partial charge on any atom is 0.407 e. The zero-order valence-electron chi connectivity index (χ0n) is 22.5. The molecule has 2 aromatic rings. The smallest absolute Gasteiger partial charge is 0.407 e. The molecule has 0 saturated carbocycles. The number of ether oxygens (including phenoxy) is 2. The normalized spacial score (nSPS) is 17.4. The SMILES string of the molecule is COC(=O)NC(C(=O)N1CCCC1(C)C(=O)OCC(=O)c1ccc(-c2ccc(C(=O)CBr)cc2)cc1)C(C)C. The van der Waals surface area contributed by atoms with Crippen molar-refractivity contribution in [1.82, 2.24) is 10.2 Å². The van der Waals surface area contributed by atoms with Gasteiger partial charge in [0, 0.05) is 17.7 Å². The Morgan fingerprint density at radius 3 is 1.97 bits per heavy atom. The third-order valence-electron chi connectivity index (χ3n) is 6.94. The molecule has 1 aliphatic rings. The topological polar surface area (TPSA) is 119 Å². The lowest BCUT2D eigenvalue weighted by Crippen LogP contribution is -2.58. The average Bonchev–Trinajstić information content (AvgIpc) is 3.36.